The molecule has 0 saturated heterocycles. The van der Waals surface area contributed by atoms with Crippen LogP contribution >= 0.6 is 0 Å². The Hall–Kier alpha value is -4.76. The zero-order valence-corrected chi connectivity index (χ0v) is 20.8. The number of rotatable bonds is 5. The average Bonchev–Trinajstić information content (AvgIpc) is 2.88. The summed E-state index contributed by atoms with van der Waals surface area (Å²) in [5.41, 5.74) is -0.645. The molecule has 0 spiro atoms. The summed E-state index contributed by atoms with van der Waals surface area (Å²) in [6.45, 7) is 5.38. The van der Waals surface area contributed by atoms with Crippen LogP contribution < -0.4 is 4.74 Å². The van der Waals surface area contributed by atoms with Gasteiger partial charge in [-0.25, -0.2) is 17.6 Å². The Morgan fingerprint density at radius 2 is 1.21 bits per heavy atom. The van der Waals surface area contributed by atoms with Crippen LogP contribution in [0.15, 0.2) is 48.5 Å². The number of methoxy groups -OCH3 is 1. The van der Waals surface area contributed by atoms with Crippen LogP contribution in [0.25, 0.3) is 22.5 Å². The van der Waals surface area contributed by atoms with E-state index in [9.17, 15) is 17.6 Å². The molecule has 2 aromatic heterocycles. The van der Waals surface area contributed by atoms with Gasteiger partial charge in [-0.15, -0.1) is 0 Å². The Morgan fingerprint density at radius 3 is 1.68 bits per heavy atom. The molecule has 0 aliphatic rings. The lowest BCUT2D eigenvalue weighted by molar-refractivity contribution is 0.412. The molecule has 0 aliphatic heterocycles. The number of pyridine rings is 2. The van der Waals surface area contributed by atoms with E-state index in [-0.39, 0.29) is 22.5 Å². The van der Waals surface area contributed by atoms with Gasteiger partial charge in [-0.3, -0.25) is 9.97 Å². The number of nitriles is 2. The fourth-order valence-corrected chi connectivity index (χ4v) is 4.04. The summed E-state index contributed by atoms with van der Waals surface area (Å²) in [6.07, 6.45) is 0. The number of aryl methyl sites for hydroxylation is 1. The summed E-state index contributed by atoms with van der Waals surface area (Å²) >= 11 is 0. The minimum absolute atomic E-state index is 0.0413. The van der Waals surface area contributed by atoms with E-state index >= 15 is 0 Å². The van der Waals surface area contributed by atoms with Crippen molar-refractivity contribution in [3.05, 3.63) is 99.9 Å². The van der Waals surface area contributed by atoms with Gasteiger partial charge in [-0.05, 0) is 62.7 Å². The van der Waals surface area contributed by atoms with Gasteiger partial charge >= 0.3 is 0 Å². The Balaban J connectivity index is 1.89. The second-order valence-corrected chi connectivity index (χ2v) is 9.11. The first-order valence-electron chi connectivity index (χ1n) is 11.3. The molecule has 0 atom stereocenters. The third-order valence-corrected chi connectivity index (χ3v) is 6.24. The lowest BCUT2D eigenvalue weighted by Crippen LogP contribution is -2.23. The predicted octanol–water partition coefficient (Wildman–Crippen LogP) is 6.75. The first-order chi connectivity index (χ1) is 18.0. The van der Waals surface area contributed by atoms with E-state index < -0.39 is 39.8 Å². The Morgan fingerprint density at radius 1 is 0.737 bits per heavy atom. The van der Waals surface area contributed by atoms with Crippen molar-refractivity contribution in [1.29, 1.82) is 10.5 Å². The van der Waals surface area contributed by atoms with Crippen molar-refractivity contribution in [2.75, 3.05) is 7.11 Å². The number of hydrogen-bond donors (Lipinski definition) is 0. The minimum Gasteiger partial charge on any atom is -0.497 e. The molecule has 2 aromatic carbocycles. The summed E-state index contributed by atoms with van der Waals surface area (Å²) < 4.78 is 63.1. The maximum atomic E-state index is 15.0. The largest absolute Gasteiger partial charge is 0.497 e. The number of benzene rings is 2. The quantitative estimate of drug-likeness (QED) is 0.274. The van der Waals surface area contributed by atoms with Crippen molar-refractivity contribution in [3.8, 4) is 40.4 Å². The monoisotopic (exact) mass is 516 g/mol. The molecule has 4 aromatic rings. The van der Waals surface area contributed by atoms with Gasteiger partial charge in [0.25, 0.3) is 0 Å². The lowest BCUT2D eigenvalue weighted by atomic mass is 9.83. The van der Waals surface area contributed by atoms with Crippen LogP contribution in [0.2, 0.25) is 0 Å². The zero-order chi connectivity index (χ0) is 27.8. The Kier molecular flexibility index (Phi) is 6.89. The highest BCUT2D eigenvalue weighted by molar-refractivity contribution is 5.66. The van der Waals surface area contributed by atoms with Crippen molar-refractivity contribution in [1.82, 2.24) is 9.97 Å². The van der Waals surface area contributed by atoms with E-state index in [4.69, 9.17) is 15.3 Å². The molecule has 190 valence electrons. The summed E-state index contributed by atoms with van der Waals surface area (Å²) in [5, 5.41) is 18.3. The summed E-state index contributed by atoms with van der Waals surface area (Å²) in [6, 6.07) is 13.9. The van der Waals surface area contributed by atoms with Gasteiger partial charge in [0.1, 0.15) is 40.6 Å². The Labute approximate surface area is 216 Å². The van der Waals surface area contributed by atoms with Crippen molar-refractivity contribution >= 4 is 0 Å². The third kappa shape index (κ3) is 4.55. The molecule has 0 bridgehead atoms. The zero-order valence-electron chi connectivity index (χ0n) is 20.8. The van der Waals surface area contributed by atoms with Crippen LogP contribution in [-0.4, -0.2) is 17.1 Å². The van der Waals surface area contributed by atoms with E-state index in [1.165, 1.54) is 37.4 Å². The van der Waals surface area contributed by atoms with Gasteiger partial charge in [0, 0.05) is 28.7 Å². The van der Waals surface area contributed by atoms with E-state index in [2.05, 4.69) is 9.97 Å². The highest BCUT2D eigenvalue weighted by atomic mass is 19.1. The molecule has 0 amide bonds. The molecule has 0 unspecified atom stereocenters. The van der Waals surface area contributed by atoms with Crippen LogP contribution in [0.5, 0.6) is 5.75 Å². The fourth-order valence-electron chi connectivity index (χ4n) is 4.04. The smallest absolute Gasteiger partial charge is 0.153 e. The maximum Gasteiger partial charge on any atom is 0.153 e. The van der Waals surface area contributed by atoms with Crippen molar-refractivity contribution in [2.45, 2.75) is 26.2 Å². The predicted molar refractivity (Wildman–Crippen MR) is 132 cm³/mol. The molecule has 0 radical (unpaired) electrons. The van der Waals surface area contributed by atoms with Crippen LogP contribution in [0.4, 0.5) is 17.6 Å². The molecule has 4 rings (SSSR count). The Bertz CT molecular complexity index is 1670. The number of hydrogen-bond acceptors (Lipinski definition) is 5. The molecular formula is C29H20F4N4O. The number of nitrogens with zero attached hydrogens (tertiary/aromatic N) is 4. The second-order valence-electron chi connectivity index (χ2n) is 9.11. The van der Waals surface area contributed by atoms with Crippen LogP contribution in [0.3, 0.4) is 0 Å². The van der Waals surface area contributed by atoms with Gasteiger partial charge < -0.3 is 4.74 Å². The minimum atomic E-state index is -1.05. The summed E-state index contributed by atoms with van der Waals surface area (Å²) in [5.74, 6) is -3.69. The number of aromatic nitrogens is 2. The van der Waals surface area contributed by atoms with Gasteiger partial charge in [-0.1, -0.05) is 0 Å². The number of ether oxygens (including phenoxy) is 1. The van der Waals surface area contributed by atoms with Crippen LogP contribution in [-0.2, 0) is 5.41 Å². The second kappa shape index (κ2) is 9.95. The molecule has 0 aliphatic carbocycles. The normalized spacial score (nSPS) is 11.1. The SMILES string of the molecule is COc1cc(-c2ccc(F)c(C#N)c2F)nc(C(C)(C)c2cc(C)cc(-c3ccc(F)c(C#N)c3F)n2)c1. The van der Waals surface area contributed by atoms with Crippen LogP contribution in [0.1, 0.15) is 41.9 Å². The topological polar surface area (TPSA) is 82.6 Å². The summed E-state index contributed by atoms with van der Waals surface area (Å²) in [4.78, 5) is 9.21. The van der Waals surface area contributed by atoms with Gasteiger partial charge in [0.05, 0.1) is 29.9 Å². The lowest BCUT2D eigenvalue weighted by Gasteiger charge is -2.26. The third-order valence-electron chi connectivity index (χ3n) is 6.24. The van der Waals surface area contributed by atoms with Gasteiger partial charge in [0.2, 0.25) is 0 Å². The van der Waals surface area contributed by atoms with E-state index in [1.807, 2.05) is 0 Å². The molecule has 2 heterocycles. The molecule has 9 heteroatoms. The molecule has 0 saturated carbocycles. The number of halogens is 4. The molecule has 5 nitrogen and oxygen atoms in total. The summed E-state index contributed by atoms with van der Waals surface area (Å²) in [7, 11) is 1.42. The van der Waals surface area contributed by atoms with Crippen molar-refractivity contribution < 1.29 is 22.3 Å². The highest BCUT2D eigenvalue weighted by Crippen LogP contribution is 2.36. The first-order valence-corrected chi connectivity index (χ1v) is 11.3. The molecule has 38 heavy (non-hydrogen) atoms. The van der Waals surface area contributed by atoms with E-state index in [0.29, 0.717) is 22.7 Å². The fraction of sp³-hybridized carbons (Fsp3) is 0.172. The van der Waals surface area contributed by atoms with E-state index in [1.54, 1.807) is 39.0 Å². The van der Waals surface area contributed by atoms with E-state index in [0.717, 1.165) is 12.1 Å². The first kappa shape index (κ1) is 26.3. The maximum absolute atomic E-state index is 15.0. The molecular weight excluding hydrogens is 496 g/mol. The standard InChI is InChI=1S/C29H20F4N4O/c1-15-9-23(17-5-7-21(30)19(13-34)27(17)32)36-25(10-15)29(2,3)26-12-16(38-4)11-24(37-26)18-6-8-22(31)20(14-35)28(18)33/h5-12H,1-4H3. The van der Waals surface area contributed by atoms with Crippen molar-refractivity contribution in [3.63, 3.8) is 0 Å². The highest BCUT2D eigenvalue weighted by Gasteiger charge is 2.30. The molecule has 0 fully saturated rings. The van der Waals surface area contributed by atoms with Gasteiger partial charge in [0.15, 0.2) is 11.6 Å². The van der Waals surface area contributed by atoms with Crippen LogP contribution in [0, 0.1) is 52.9 Å². The average molecular weight is 516 g/mol. The van der Waals surface area contributed by atoms with Gasteiger partial charge in [-0.2, -0.15) is 10.5 Å². The van der Waals surface area contributed by atoms with Crippen molar-refractivity contribution in [2.24, 2.45) is 0 Å². The molecule has 0 N–H and O–H groups in total.